The van der Waals surface area contributed by atoms with Crippen LogP contribution < -0.4 is 0 Å². The van der Waals surface area contributed by atoms with Crippen LogP contribution in [0.3, 0.4) is 0 Å². The monoisotopic (exact) mass is 377 g/mol. The van der Waals surface area contributed by atoms with Crippen molar-refractivity contribution >= 4 is 9.47 Å². The van der Waals surface area contributed by atoms with E-state index in [1.807, 2.05) is 19.9 Å². The van der Waals surface area contributed by atoms with Gasteiger partial charge in [0, 0.05) is 23.4 Å². The van der Waals surface area contributed by atoms with E-state index in [-0.39, 0.29) is 16.9 Å². The quantitative estimate of drug-likeness (QED) is 0.470. The summed E-state index contributed by atoms with van der Waals surface area (Å²) in [6, 6.07) is 4.16. The minimum Gasteiger partial charge on any atom is -0.508 e. The highest BCUT2D eigenvalue weighted by atomic mass is 31.0. The first kappa shape index (κ1) is 19.8. The molecule has 1 saturated heterocycles. The number of aromatic hydroxyl groups is 1. The third-order valence-electron chi connectivity index (χ3n) is 6.98. The van der Waals surface area contributed by atoms with Crippen molar-refractivity contribution in [2.75, 3.05) is 6.54 Å². The molecule has 0 spiro atoms. The largest absolute Gasteiger partial charge is 0.508 e. The maximum absolute atomic E-state index is 10.5. The number of fused-ring (bicyclic) bond motifs is 1. The Bertz CT molecular complexity index is 707. The van der Waals surface area contributed by atoms with Crippen LogP contribution >= 0.6 is 9.47 Å². The van der Waals surface area contributed by atoms with Crippen LogP contribution in [0.2, 0.25) is 0 Å². The van der Waals surface area contributed by atoms with Gasteiger partial charge >= 0.3 is 0 Å². The molecule has 1 saturated carbocycles. The van der Waals surface area contributed by atoms with Crippen LogP contribution in [-0.4, -0.2) is 32.9 Å². The Hall–Kier alpha value is -0.930. The zero-order chi connectivity index (χ0) is 19.1. The van der Waals surface area contributed by atoms with Crippen molar-refractivity contribution in [1.82, 2.24) is 5.06 Å². The van der Waals surface area contributed by atoms with E-state index in [2.05, 4.69) is 25.1 Å². The molecule has 0 radical (unpaired) electrons. The van der Waals surface area contributed by atoms with Gasteiger partial charge in [0.05, 0.1) is 0 Å². The molecule has 4 aliphatic rings. The first-order chi connectivity index (χ1) is 12.6. The van der Waals surface area contributed by atoms with Gasteiger partial charge < -0.3 is 15.2 Å². The number of benzene rings is 1. The summed E-state index contributed by atoms with van der Waals surface area (Å²) < 4.78 is 0. The highest BCUT2D eigenvalue weighted by molar-refractivity contribution is 7.08. The van der Waals surface area contributed by atoms with Crippen molar-refractivity contribution in [2.45, 2.75) is 64.3 Å². The number of hydroxylamine groups is 2. The molecule has 0 amide bonds. The van der Waals surface area contributed by atoms with E-state index < -0.39 is 0 Å². The van der Waals surface area contributed by atoms with E-state index in [1.165, 1.54) is 33.4 Å². The average molecular weight is 377 g/mol. The molecule has 5 rings (SSSR count). The number of hydrogen-bond acceptors (Lipinski definition) is 4. The fraction of sp³-hybridized carbons (Fsp3) is 0.619. The van der Waals surface area contributed by atoms with Crippen LogP contribution in [0.4, 0.5) is 0 Å². The second-order valence-electron chi connectivity index (χ2n) is 7.95. The van der Waals surface area contributed by atoms with E-state index in [1.54, 1.807) is 5.06 Å². The van der Waals surface area contributed by atoms with E-state index in [0.717, 1.165) is 31.4 Å². The molecule has 26 heavy (non-hydrogen) atoms. The van der Waals surface area contributed by atoms with Crippen molar-refractivity contribution in [3.8, 4) is 5.75 Å². The van der Waals surface area contributed by atoms with Crippen molar-refractivity contribution in [3.05, 3.63) is 41.0 Å². The fourth-order valence-corrected chi connectivity index (χ4v) is 6.47. The molecule has 0 aromatic heterocycles. The zero-order valence-corrected chi connectivity index (χ0v) is 17.2. The van der Waals surface area contributed by atoms with Crippen LogP contribution in [0, 0.1) is 18.3 Å². The molecule has 1 aromatic carbocycles. The molecule has 2 fully saturated rings. The summed E-state index contributed by atoms with van der Waals surface area (Å²) in [4.78, 5) is 6.92. The van der Waals surface area contributed by atoms with Gasteiger partial charge in [-0.1, -0.05) is 32.1 Å². The predicted octanol–water partition coefficient (Wildman–Crippen LogP) is 4.11. The summed E-state index contributed by atoms with van der Waals surface area (Å²) in [5.74, 6) is 0.940. The van der Waals surface area contributed by atoms with E-state index in [0.29, 0.717) is 11.7 Å². The van der Waals surface area contributed by atoms with Gasteiger partial charge in [0.25, 0.3) is 0 Å². The molecule has 144 valence electrons. The normalized spacial score (nSPS) is 36.1. The summed E-state index contributed by atoms with van der Waals surface area (Å²) in [6.07, 6.45) is 10.3. The van der Waals surface area contributed by atoms with E-state index in [9.17, 15) is 10.3 Å². The molecule has 4 unspecified atom stereocenters. The summed E-state index contributed by atoms with van der Waals surface area (Å²) >= 11 is 0. The number of hydrogen-bond donors (Lipinski definition) is 3. The molecule has 1 aliphatic heterocycles. The lowest BCUT2D eigenvalue weighted by molar-refractivity contribution is -0.114. The molecule has 1 aromatic rings. The minimum atomic E-state index is 0.162. The summed E-state index contributed by atoms with van der Waals surface area (Å²) in [7, 11) is 1.42. The third-order valence-corrected chi connectivity index (χ3v) is 6.98. The van der Waals surface area contributed by atoms with Crippen LogP contribution in [0.15, 0.2) is 24.3 Å². The Morgan fingerprint density at radius 3 is 2.69 bits per heavy atom. The van der Waals surface area contributed by atoms with Gasteiger partial charge in [0.15, 0.2) is 0 Å². The lowest BCUT2D eigenvalue weighted by atomic mass is 9.38. The Morgan fingerprint density at radius 2 is 1.96 bits per heavy atom. The second kappa shape index (κ2) is 7.24. The number of rotatable bonds is 0. The molecule has 1 heterocycles. The third kappa shape index (κ3) is 2.50. The number of allylic oxidation sites excluding steroid dienone is 1. The maximum Gasteiger partial charge on any atom is 0.118 e. The van der Waals surface area contributed by atoms with Crippen molar-refractivity contribution in [1.29, 1.82) is 0 Å². The van der Waals surface area contributed by atoms with Gasteiger partial charge in [-0.05, 0) is 77.2 Å². The molecule has 4 nitrogen and oxygen atoms in total. The molecule has 3 N–H and O–H groups in total. The minimum absolute atomic E-state index is 0.162. The highest BCUT2D eigenvalue weighted by Crippen LogP contribution is 2.71. The van der Waals surface area contributed by atoms with Crippen LogP contribution in [0.5, 0.6) is 5.75 Å². The van der Waals surface area contributed by atoms with E-state index in [4.69, 9.17) is 4.89 Å². The molecule has 5 atom stereocenters. The van der Waals surface area contributed by atoms with E-state index >= 15 is 0 Å². The Balaban J connectivity index is 0.000000461. The van der Waals surface area contributed by atoms with Gasteiger partial charge in [-0.15, -0.1) is 0 Å². The maximum atomic E-state index is 10.5. The first-order valence-corrected chi connectivity index (χ1v) is 10.3. The summed E-state index contributed by atoms with van der Waals surface area (Å²) in [5, 5.41) is 22.4. The van der Waals surface area contributed by atoms with Crippen LogP contribution in [0.1, 0.15) is 56.2 Å². The summed E-state index contributed by atoms with van der Waals surface area (Å²) in [6.45, 7) is 6.85. The Kier molecular flexibility index (Phi) is 5.52. The molecular formula is C21H32NO3P. The zero-order valence-electron chi connectivity index (χ0n) is 16.1. The molecule has 2 bridgehead atoms. The number of phenolic OH excluding ortho intramolecular Hbond substituents is 1. The lowest BCUT2D eigenvalue weighted by Gasteiger charge is -2.64. The van der Waals surface area contributed by atoms with Crippen molar-refractivity contribution in [2.24, 2.45) is 11.3 Å². The first-order valence-electron chi connectivity index (χ1n) is 9.78. The Morgan fingerprint density at radius 1 is 1.23 bits per heavy atom. The number of phenols is 1. The standard InChI is InChI=1S/C19H23NO2.C2H6.H3OP/c1-12-15(21)6-5-13-9-14-17-18(11-20(14)22)7-3-2-4-8-19(17,10-18)16(12)13;2*1-2/h3,5-7,14,17,21-22H,2,4,8-11H2,1H3;1-2H3;1H,2H2/t14?,17?,18?,19-;;/m0../s1. The van der Waals surface area contributed by atoms with Crippen molar-refractivity contribution < 1.29 is 15.2 Å². The van der Waals surface area contributed by atoms with Gasteiger partial charge in [-0.3, -0.25) is 0 Å². The topological polar surface area (TPSA) is 63.9 Å². The van der Waals surface area contributed by atoms with Gasteiger partial charge in [0.2, 0.25) is 0 Å². The van der Waals surface area contributed by atoms with Gasteiger partial charge in [0.1, 0.15) is 5.75 Å². The van der Waals surface area contributed by atoms with Crippen molar-refractivity contribution in [3.63, 3.8) is 0 Å². The summed E-state index contributed by atoms with van der Waals surface area (Å²) in [5.41, 5.74) is 4.16. The van der Waals surface area contributed by atoms with Crippen LogP contribution in [0.25, 0.3) is 0 Å². The number of nitrogens with zero attached hydrogens (tertiary/aromatic N) is 1. The highest BCUT2D eigenvalue weighted by Gasteiger charge is 2.71. The molecule has 5 heteroatoms. The average Bonchev–Trinajstić information content (AvgIpc) is 2.87. The van der Waals surface area contributed by atoms with Crippen LogP contribution in [-0.2, 0) is 11.8 Å². The smallest absolute Gasteiger partial charge is 0.118 e. The lowest BCUT2D eigenvalue weighted by Crippen LogP contribution is -2.63. The molecule has 3 aliphatic carbocycles. The Labute approximate surface area is 159 Å². The van der Waals surface area contributed by atoms with Gasteiger partial charge in [-0.2, -0.15) is 5.06 Å². The van der Waals surface area contributed by atoms with Gasteiger partial charge in [-0.25, -0.2) is 0 Å². The SMILES string of the molecule is CC.Cc1c(O)ccc2c1[C@@]13CCCC=CC4(CN(O)C(C2)C41)C3.OP. The fourth-order valence-electron chi connectivity index (χ4n) is 6.47. The second-order valence-corrected chi connectivity index (χ2v) is 7.95. The predicted molar refractivity (Wildman–Crippen MR) is 107 cm³/mol. The molecular weight excluding hydrogens is 345 g/mol.